The summed E-state index contributed by atoms with van der Waals surface area (Å²) in [5.41, 5.74) is 0.938. The van der Waals surface area contributed by atoms with Crippen LogP contribution < -0.4 is 0 Å². The van der Waals surface area contributed by atoms with Crippen LogP contribution in [0.3, 0.4) is 0 Å². The first-order chi connectivity index (χ1) is 7.18. The molecule has 2 heterocycles. The maximum Gasteiger partial charge on any atom is 0.224 e. The molecule has 0 radical (unpaired) electrons. The fourth-order valence-corrected chi connectivity index (χ4v) is 2.20. The number of thiol groups is 1. The molecule has 1 aromatic heterocycles. The molecule has 1 aliphatic heterocycles. The van der Waals surface area contributed by atoms with Crippen LogP contribution in [0.1, 0.15) is 25.1 Å². The third kappa shape index (κ3) is 2.15. The van der Waals surface area contributed by atoms with E-state index < -0.39 is 0 Å². The summed E-state index contributed by atoms with van der Waals surface area (Å²) < 4.78 is 0. The number of rotatable bonds is 2. The van der Waals surface area contributed by atoms with E-state index in [1.165, 1.54) is 0 Å². The molecule has 0 N–H and O–H groups in total. The van der Waals surface area contributed by atoms with Gasteiger partial charge in [-0.1, -0.05) is 6.07 Å². The zero-order valence-corrected chi connectivity index (χ0v) is 9.52. The zero-order valence-electron chi connectivity index (χ0n) is 8.63. The number of pyridine rings is 1. The van der Waals surface area contributed by atoms with Gasteiger partial charge in [0.25, 0.3) is 0 Å². The molecule has 2 atom stereocenters. The molecule has 1 saturated heterocycles. The van der Waals surface area contributed by atoms with Crippen LogP contribution in [0.25, 0.3) is 0 Å². The standard InChI is InChI=1S/C11H14N2OS/c1-8(10-4-2-3-5-12-10)13-7-9(15)6-11(13)14/h2-5,8-9,15H,6-7H2,1H3/t8-,9?/m0/s1. The predicted octanol–water partition coefficient (Wildman–Crippen LogP) is 1.67. The van der Waals surface area contributed by atoms with E-state index in [1.807, 2.05) is 30.0 Å². The lowest BCUT2D eigenvalue weighted by molar-refractivity contribution is -0.129. The van der Waals surface area contributed by atoms with Crippen LogP contribution >= 0.6 is 12.6 Å². The molecule has 1 aromatic rings. The second-order valence-corrected chi connectivity index (χ2v) is 4.56. The van der Waals surface area contributed by atoms with Crippen molar-refractivity contribution >= 4 is 18.5 Å². The highest BCUT2D eigenvalue weighted by Crippen LogP contribution is 2.26. The predicted molar refractivity (Wildman–Crippen MR) is 61.8 cm³/mol. The Balaban J connectivity index is 2.15. The van der Waals surface area contributed by atoms with Gasteiger partial charge in [-0.3, -0.25) is 9.78 Å². The van der Waals surface area contributed by atoms with E-state index in [9.17, 15) is 4.79 Å². The van der Waals surface area contributed by atoms with E-state index in [1.54, 1.807) is 6.20 Å². The van der Waals surface area contributed by atoms with Gasteiger partial charge in [0.1, 0.15) is 0 Å². The van der Waals surface area contributed by atoms with Gasteiger partial charge in [-0.15, -0.1) is 0 Å². The highest BCUT2D eigenvalue weighted by Gasteiger charge is 2.31. The van der Waals surface area contributed by atoms with Gasteiger partial charge in [0.05, 0.1) is 11.7 Å². The lowest BCUT2D eigenvalue weighted by Gasteiger charge is -2.23. The summed E-state index contributed by atoms with van der Waals surface area (Å²) in [6.45, 7) is 2.73. The molecule has 2 rings (SSSR count). The van der Waals surface area contributed by atoms with E-state index in [0.29, 0.717) is 6.42 Å². The fourth-order valence-electron chi connectivity index (χ4n) is 1.87. The first-order valence-corrected chi connectivity index (χ1v) is 5.58. The molecule has 15 heavy (non-hydrogen) atoms. The van der Waals surface area contributed by atoms with Gasteiger partial charge >= 0.3 is 0 Å². The summed E-state index contributed by atoms with van der Waals surface area (Å²) in [5, 5.41) is 0.170. The van der Waals surface area contributed by atoms with Crippen molar-refractivity contribution in [2.75, 3.05) is 6.54 Å². The molecule has 1 unspecified atom stereocenters. The Morgan fingerprint density at radius 1 is 1.60 bits per heavy atom. The molecule has 3 nitrogen and oxygen atoms in total. The SMILES string of the molecule is C[C@@H](c1ccccn1)N1CC(S)CC1=O. The Hall–Kier alpha value is -1.03. The molecular formula is C11H14N2OS. The summed E-state index contributed by atoms with van der Waals surface area (Å²) in [7, 11) is 0. The Bertz CT molecular complexity index is 355. The van der Waals surface area contributed by atoms with E-state index in [0.717, 1.165) is 12.2 Å². The molecular weight excluding hydrogens is 208 g/mol. The first kappa shape index (κ1) is 10.5. The minimum absolute atomic E-state index is 0.0517. The number of hydrogen-bond donors (Lipinski definition) is 1. The van der Waals surface area contributed by atoms with Crippen molar-refractivity contribution in [1.29, 1.82) is 0 Å². The number of carbonyl (C=O) groups is 1. The molecule has 0 aliphatic carbocycles. The van der Waals surface area contributed by atoms with E-state index in [4.69, 9.17) is 0 Å². The normalized spacial score (nSPS) is 23.2. The van der Waals surface area contributed by atoms with Crippen LogP contribution in [0.5, 0.6) is 0 Å². The van der Waals surface area contributed by atoms with Crippen molar-refractivity contribution in [3.8, 4) is 0 Å². The first-order valence-electron chi connectivity index (χ1n) is 5.07. The van der Waals surface area contributed by atoms with Gasteiger partial charge in [0.2, 0.25) is 5.91 Å². The summed E-state index contributed by atoms with van der Waals surface area (Å²) in [6, 6.07) is 5.82. The monoisotopic (exact) mass is 222 g/mol. The van der Waals surface area contributed by atoms with E-state index >= 15 is 0 Å². The van der Waals surface area contributed by atoms with Gasteiger partial charge in [-0.05, 0) is 19.1 Å². The van der Waals surface area contributed by atoms with Crippen molar-refractivity contribution in [2.24, 2.45) is 0 Å². The summed E-state index contributed by atoms with van der Waals surface area (Å²) in [6.07, 6.45) is 2.30. The number of amides is 1. The third-order valence-electron chi connectivity index (χ3n) is 2.72. The molecule has 1 amide bonds. The fraction of sp³-hybridized carbons (Fsp3) is 0.455. The minimum Gasteiger partial charge on any atom is -0.333 e. The van der Waals surface area contributed by atoms with Gasteiger partial charge in [-0.25, -0.2) is 0 Å². The summed E-state index contributed by atoms with van der Waals surface area (Å²) in [4.78, 5) is 17.8. The molecule has 0 saturated carbocycles. The molecule has 0 aromatic carbocycles. The Kier molecular flexibility index (Phi) is 2.95. The van der Waals surface area contributed by atoms with Gasteiger partial charge in [0, 0.05) is 24.4 Å². The quantitative estimate of drug-likeness (QED) is 0.772. The smallest absolute Gasteiger partial charge is 0.224 e. The van der Waals surface area contributed by atoms with Gasteiger partial charge in [-0.2, -0.15) is 12.6 Å². The molecule has 1 aliphatic rings. The lowest BCUT2D eigenvalue weighted by Crippen LogP contribution is -2.29. The Morgan fingerprint density at radius 2 is 2.40 bits per heavy atom. The number of likely N-dealkylation sites (tertiary alicyclic amines) is 1. The molecule has 4 heteroatoms. The summed E-state index contributed by atoms with van der Waals surface area (Å²) >= 11 is 4.34. The largest absolute Gasteiger partial charge is 0.333 e. The molecule has 0 spiro atoms. The molecule has 80 valence electrons. The Morgan fingerprint density at radius 3 is 2.93 bits per heavy atom. The third-order valence-corrected chi connectivity index (χ3v) is 3.07. The number of carbonyl (C=O) groups excluding carboxylic acids is 1. The Labute approximate surface area is 94.9 Å². The number of nitrogens with zero attached hydrogens (tertiary/aromatic N) is 2. The lowest BCUT2D eigenvalue weighted by atomic mass is 10.2. The van der Waals surface area contributed by atoms with Crippen LogP contribution in [-0.2, 0) is 4.79 Å². The van der Waals surface area contributed by atoms with Crippen LogP contribution in [0.2, 0.25) is 0 Å². The minimum atomic E-state index is 0.0517. The van der Waals surface area contributed by atoms with Crippen molar-refractivity contribution < 1.29 is 4.79 Å². The highest BCUT2D eigenvalue weighted by atomic mass is 32.1. The van der Waals surface area contributed by atoms with Crippen molar-refractivity contribution in [3.05, 3.63) is 30.1 Å². The average molecular weight is 222 g/mol. The van der Waals surface area contributed by atoms with Crippen LogP contribution in [-0.4, -0.2) is 27.6 Å². The van der Waals surface area contributed by atoms with E-state index in [-0.39, 0.29) is 17.2 Å². The molecule has 1 fully saturated rings. The second-order valence-electron chi connectivity index (χ2n) is 3.83. The second kappa shape index (κ2) is 4.23. The van der Waals surface area contributed by atoms with Crippen LogP contribution in [0.4, 0.5) is 0 Å². The van der Waals surface area contributed by atoms with Crippen molar-refractivity contribution in [1.82, 2.24) is 9.88 Å². The zero-order chi connectivity index (χ0) is 10.8. The van der Waals surface area contributed by atoms with Crippen molar-refractivity contribution in [3.63, 3.8) is 0 Å². The van der Waals surface area contributed by atoms with Crippen LogP contribution in [0, 0.1) is 0 Å². The highest BCUT2D eigenvalue weighted by molar-refractivity contribution is 7.81. The van der Waals surface area contributed by atoms with Crippen molar-refractivity contribution in [2.45, 2.75) is 24.6 Å². The average Bonchev–Trinajstić information content (AvgIpc) is 2.58. The maximum absolute atomic E-state index is 11.6. The number of aromatic nitrogens is 1. The molecule has 0 bridgehead atoms. The maximum atomic E-state index is 11.6. The van der Waals surface area contributed by atoms with Gasteiger partial charge < -0.3 is 4.90 Å². The van der Waals surface area contributed by atoms with Gasteiger partial charge in [0.15, 0.2) is 0 Å². The van der Waals surface area contributed by atoms with E-state index in [2.05, 4.69) is 17.6 Å². The number of hydrogen-bond acceptors (Lipinski definition) is 3. The summed E-state index contributed by atoms with van der Waals surface area (Å²) in [5.74, 6) is 0.174. The van der Waals surface area contributed by atoms with Crippen LogP contribution in [0.15, 0.2) is 24.4 Å². The topological polar surface area (TPSA) is 33.2 Å².